The molecule has 0 spiro atoms. The Morgan fingerprint density at radius 1 is 1.18 bits per heavy atom. The van der Waals surface area contributed by atoms with Crippen LogP contribution in [0, 0.1) is 0 Å². The van der Waals surface area contributed by atoms with Gasteiger partial charge in [-0.05, 0) is 30.3 Å². The Kier molecular flexibility index (Phi) is 5.85. The van der Waals surface area contributed by atoms with Crippen LogP contribution in [0.2, 0.25) is 5.02 Å². The molecule has 0 aliphatic carbocycles. The number of hydrogen-bond acceptors (Lipinski definition) is 6. The van der Waals surface area contributed by atoms with Crippen molar-refractivity contribution < 1.29 is 27.4 Å². The molecule has 0 saturated heterocycles. The third-order valence-corrected chi connectivity index (χ3v) is 5.31. The molecule has 1 aliphatic rings. The molecule has 28 heavy (non-hydrogen) atoms. The van der Waals surface area contributed by atoms with Gasteiger partial charge in [-0.15, -0.1) is 0 Å². The maximum absolute atomic E-state index is 12.5. The fourth-order valence-corrected chi connectivity index (χ4v) is 3.71. The van der Waals surface area contributed by atoms with Crippen molar-refractivity contribution in [3.63, 3.8) is 0 Å². The van der Waals surface area contributed by atoms with E-state index >= 15 is 0 Å². The average Bonchev–Trinajstić information content (AvgIpc) is 2.65. The number of sulfonamides is 1. The number of halogens is 1. The van der Waals surface area contributed by atoms with E-state index in [4.69, 9.17) is 25.8 Å². The van der Waals surface area contributed by atoms with Crippen LogP contribution < -0.4 is 23.8 Å². The number of fused-ring (bicyclic) bond motifs is 1. The Hall–Kier alpha value is -2.65. The lowest BCUT2D eigenvalue weighted by Gasteiger charge is -2.25. The minimum Gasteiger partial charge on any atom is -0.495 e. The van der Waals surface area contributed by atoms with Crippen molar-refractivity contribution in [2.45, 2.75) is 0 Å². The Morgan fingerprint density at radius 3 is 2.57 bits per heavy atom. The highest BCUT2D eigenvalue weighted by Gasteiger charge is 2.24. The Labute approximate surface area is 168 Å². The predicted octanol–water partition coefficient (Wildman–Crippen LogP) is 2.52. The highest BCUT2D eigenvalue weighted by molar-refractivity contribution is 7.92. The summed E-state index contributed by atoms with van der Waals surface area (Å²) in [4.78, 5) is 12.5. The number of methoxy groups -OCH3 is 1. The Balaban J connectivity index is 1.84. The van der Waals surface area contributed by atoms with Crippen molar-refractivity contribution in [1.29, 1.82) is 0 Å². The lowest BCUT2D eigenvalue weighted by atomic mass is 10.2. The largest absolute Gasteiger partial charge is 0.495 e. The molecule has 2 aromatic rings. The quantitative estimate of drug-likeness (QED) is 0.762. The number of amides is 1. The van der Waals surface area contributed by atoms with Gasteiger partial charge in [-0.3, -0.25) is 9.10 Å². The van der Waals surface area contributed by atoms with E-state index in [9.17, 15) is 13.2 Å². The molecule has 1 N–H and O–H groups in total. The second kappa shape index (κ2) is 8.15. The zero-order valence-corrected chi connectivity index (χ0v) is 16.8. The fourth-order valence-electron chi connectivity index (χ4n) is 2.69. The van der Waals surface area contributed by atoms with Gasteiger partial charge >= 0.3 is 0 Å². The second-order valence-corrected chi connectivity index (χ2v) is 8.33. The van der Waals surface area contributed by atoms with Crippen LogP contribution in [0.25, 0.3) is 0 Å². The number of rotatable bonds is 6. The lowest BCUT2D eigenvalue weighted by Crippen LogP contribution is -2.37. The monoisotopic (exact) mass is 426 g/mol. The Morgan fingerprint density at radius 2 is 1.89 bits per heavy atom. The topological polar surface area (TPSA) is 94.2 Å². The maximum Gasteiger partial charge on any atom is 0.245 e. The van der Waals surface area contributed by atoms with Gasteiger partial charge in [0.15, 0.2) is 11.5 Å². The zero-order valence-electron chi connectivity index (χ0n) is 15.3. The van der Waals surface area contributed by atoms with Gasteiger partial charge in [0.25, 0.3) is 0 Å². The number of anilines is 2. The lowest BCUT2D eigenvalue weighted by molar-refractivity contribution is -0.114. The van der Waals surface area contributed by atoms with Crippen LogP contribution in [-0.4, -0.2) is 47.4 Å². The summed E-state index contributed by atoms with van der Waals surface area (Å²) in [5.74, 6) is 0.801. The molecule has 0 fully saturated rings. The van der Waals surface area contributed by atoms with Crippen molar-refractivity contribution in [2.75, 3.05) is 42.7 Å². The standard InChI is InChI=1S/C18H19ClN2O6S/c1-25-15-5-3-12(19)9-14(15)20-18(22)11-21(28(2,23)24)13-4-6-16-17(10-13)27-8-7-26-16/h3-6,9-10H,7-8,11H2,1-2H3,(H,20,22). The summed E-state index contributed by atoms with van der Waals surface area (Å²) in [5.41, 5.74) is 0.635. The minimum atomic E-state index is -3.74. The minimum absolute atomic E-state index is 0.292. The first-order valence-electron chi connectivity index (χ1n) is 8.28. The summed E-state index contributed by atoms with van der Waals surface area (Å²) in [6.45, 7) is 0.352. The van der Waals surface area contributed by atoms with E-state index < -0.39 is 22.5 Å². The number of ether oxygens (including phenoxy) is 3. The van der Waals surface area contributed by atoms with E-state index in [-0.39, 0.29) is 0 Å². The molecule has 0 atom stereocenters. The number of nitrogens with one attached hydrogen (secondary N) is 1. The van der Waals surface area contributed by atoms with E-state index in [1.807, 2.05) is 0 Å². The molecule has 150 valence electrons. The summed E-state index contributed by atoms with van der Waals surface area (Å²) in [6.07, 6.45) is 1.02. The van der Waals surface area contributed by atoms with Crippen LogP contribution in [0.15, 0.2) is 36.4 Å². The van der Waals surface area contributed by atoms with Crippen LogP contribution in [0.4, 0.5) is 11.4 Å². The molecule has 2 aromatic carbocycles. The summed E-state index contributed by atoms with van der Waals surface area (Å²) < 4.78 is 41.7. The van der Waals surface area contributed by atoms with Gasteiger partial charge in [-0.1, -0.05) is 11.6 Å². The number of nitrogens with zero attached hydrogens (tertiary/aromatic N) is 1. The molecule has 10 heteroatoms. The molecule has 3 rings (SSSR count). The van der Waals surface area contributed by atoms with Crippen LogP contribution >= 0.6 is 11.6 Å². The van der Waals surface area contributed by atoms with Gasteiger partial charge in [-0.25, -0.2) is 8.42 Å². The number of hydrogen-bond donors (Lipinski definition) is 1. The summed E-state index contributed by atoms with van der Waals surface area (Å²) in [6, 6.07) is 9.44. The van der Waals surface area contributed by atoms with Crippen molar-refractivity contribution >= 4 is 38.9 Å². The van der Waals surface area contributed by atoms with Crippen molar-refractivity contribution in [2.24, 2.45) is 0 Å². The zero-order chi connectivity index (χ0) is 20.3. The number of carbonyl (C=O) groups is 1. The summed E-state index contributed by atoms with van der Waals surface area (Å²) in [5, 5.41) is 3.03. The van der Waals surface area contributed by atoms with E-state index in [0.29, 0.717) is 46.9 Å². The van der Waals surface area contributed by atoms with Crippen LogP contribution in [0.1, 0.15) is 0 Å². The molecule has 0 radical (unpaired) electrons. The Bertz CT molecular complexity index is 996. The van der Waals surface area contributed by atoms with Crippen molar-refractivity contribution in [3.8, 4) is 17.2 Å². The molecule has 1 heterocycles. The third kappa shape index (κ3) is 4.60. The van der Waals surface area contributed by atoms with Gasteiger partial charge in [0.05, 0.1) is 24.7 Å². The average molecular weight is 427 g/mol. The van der Waals surface area contributed by atoms with Crippen LogP contribution in [-0.2, 0) is 14.8 Å². The van der Waals surface area contributed by atoms with Gasteiger partial charge in [-0.2, -0.15) is 0 Å². The first-order chi connectivity index (χ1) is 13.3. The van der Waals surface area contributed by atoms with Gasteiger partial charge in [0.1, 0.15) is 25.5 Å². The van der Waals surface area contributed by atoms with Gasteiger partial charge < -0.3 is 19.5 Å². The molecule has 8 nitrogen and oxygen atoms in total. The molecule has 1 amide bonds. The van der Waals surface area contributed by atoms with Gasteiger partial charge in [0.2, 0.25) is 15.9 Å². The molecule has 0 unspecified atom stereocenters. The van der Waals surface area contributed by atoms with Crippen LogP contribution in [0.5, 0.6) is 17.2 Å². The van der Waals surface area contributed by atoms with E-state index in [0.717, 1.165) is 10.6 Å². The number of benzene rings is 2. The molecular weight excluding hydrogens is 408 g/mol. The summed E-state index contributed by atoms with van der Waals surface area (Å²) in [7, 11) is -2.28. The third-order valence-electron chi connectivity index (χ3n) is 3.94. The summed E-state index contributed by atoms with van der Waals surface area (Å²) >= 11 is 5.96. The molecule has 0 aromatic heterocycles. The maximum atomic E-state index is 12.5. The normalized spacial score (nSPS) is 13.0. The number of carbonyl (C=O) groups excluding carboxylic acids is 1. The SMILES string of the molecule is COc1ccc(Cl)cc1NC(=O)CN(c1ccc2c(c1)OCCO2)S(C)(=O)=O. The smallest absolute Gasteiger partial charge is 0.245 e. The van der Waals surface area contributed by atoms with Gasteiger partial charge in [0, 0.05) is 11.1 Å². The first-order valence-corrected chi connectivity index (χ1v) is 10.5. The van der Waals surface area contributed by atoms with E-state index in [2.05, 4.69) is 5.32 Å². The fraction of sp³-hybridized carbons (Fsp3) is 0.278. The van der Waals surface area contributed by atoms with Crippen LogP contribution in [0.3, 0.4) is 0 Å². The highest BCUT2D eigenvalue weighted by atomic mass is 35.5. The van der Waals surface area contributed by atoms with Crippen molar-refractivity contribution in [1.82, 2.24) is 0 Å². The second-order valence-electron chi connectivity index (χ2n) is 5.99. The molecule has 1 aliphatic heterocycles. The van der Waals surface area contributed by atoms with E-state index in [1.165, 1.54) is 19.2 Å². The molecule has 0 saturated carbocycles. The van der Waals surface area contributed by atoms with Crippen molar-refractivity contribution in [3.05, 3.63) is 41.4 Å². The van der Waals surface area contributed by atoms with E-state index in [1.54, 1.807) is 24.3 Å². The predicted molar refractivity (Wildman–Crippen MR) is 106 cm³/mol. The molecule has 0 bridgehead atoms. The highest BCUT2D eigenvalue weighted by Crippen LogP contribution is 2.35. The first kappa shape index (κ1) is 20.1. The molecular formula is C18H19ClN2O6S.